The lowest BCUT2D eigenvalue weighted by Crippen LogP contribution is -2.16. The number of aryl methyl sites for hydroxylation is 1. The number of pyridine rings is 2. The summed E-state index contributed by atoms with van der Waals surface area (Å²) in [4.78, 5) is 21.8. The molecule has 3 aromatic heterocycles. The lowest BCUT2D eigenvalue weighted by molar-refractivity contribution is -0.0964. The van der Waals surface area contributed by atoms with Crippen LogP contribution in [0.15, 0.2) is 67.1 Å². The maximum Gasteiger partial charge on any atom is 0.487 e. The fourth-order valence-electron chi connectivity index (χ4n) is 3.26. The van der Waals surface area contributed by atoms with Crippen LogP contribution in [0.2, 0.25) is 0 Å². The molecule has 0 saturated carbocycles. The third kappa shape index (κ3) is 5.29. The van der Waals surface area contributed by atoms with E-state index >= 15 is 0 Å². The van der Waals surface area contributed by atoms with Crippen molar-refractivity contribution in [2.45, 2.75) is 5.57 Å². The van der Waals surface area contributed by atoms with Gasteiger partial charge in [0.25, 0.3) is 5.91 Å². The van der Waals surface area contributed by atoms with Crippen molar-refractivity contribution in [3.63, 3.8) is 0 Å². The second-order valence-electron chi connectivity index (χ2n) is 7.17. The minimum Gasteiger partial charge on any atom is -0.420 e. The molecule has 1 aromatic carbocycles. The number of nitrogens with zero attached hydrogens (tertiary/aromatic N) is 4. The normalized spacial score (nSPS) is 11.2. The molecule has 0 aliphatic rings. The number of rotatable bonds is 7. The van der Waals surface area contributed by atoms with Crippen molar-refractivity contribution < 1.29 is 18.3 Å². The van der Waals surface area contributed by atoms with Crippen LogP contribution in [0.4, 0.5) is 20.3 Å². The highest BCUT2D eigenvalue weighted by Crippen LogP contribution is 2.31. The molecule has 0 atom stereocenters. The van der Waals surface area contributed by atoms with Gasteiger partial charge in [-0.3, -0.25) is 14.5 Å². The first-order chi connectivity index (χ1) is 16.2. The van der Waals surface area contributed by atoms with Crippen molar-refractivity contribution in [2.75, 3.05) is 17.7 Å². The number of hydrogen-bond donors (Lipinski definition) is 2. The largest absolute Gasteiger partial charge is 0.487 e. The molecule has 34 heavy (non-hydrogen) atoms. The Kier molecular flexibility index (Phi) is 6.42. The molecule has 4 aromatic rings. The molecule has 0 radical (unpaired) electrons. The highest BCUT2D eigenvalue weighted by molar-refractivity contribution is 6.20. The molecule has 0 saturated heterocycles. The summed E-state index contributed by atoms with van der Waals surface area (Å²) >= 11 is 4.77. The lowest BCUT2D eigenvalue weighted by Gasteiger charge is -2.13. The standard InChI is InChI=1S/C23H19ClF2N6O2/c1-27-20-8-3-14(12-28-20)18-11-15(13-29-21(18)19-9-10-30-32(19)2)22(33)31-16-4-6-17(7-5-16)34-23(24,25)26/h3-13H,1-2H3,(H,27,28)(H,31,33). The van der Waals surface area contributed by atoms with Gasteiger partial charge in [-0.2, -0.15) is 5.10 Å². The molecule has 0 spiro atoms. The van der Waals surface area contributed by atoms with E-state index in [-0.39, 0.29) is 5.75 Å². The predicted octanol–water partition coefficient (Wildman–Crippen LogP) is 5.01. The first-order valence-corrected chi connectivity index (χ1v) is 10.4. The molecule has 0 aliphatic carbocycles. The summed E-state index contributed by atoms with van der Waals surface area (Å²) in [5.74, 6) is 0.133. The Labute approximate surface area is 198 Å². The maximum absolute atomic E-state index is 12.9. The maximum atomic E-state index is 12.9. The van der Waals surface area contributed by atoms with E-state index < -0.39 is 11.5 Å². The van der Waals surface area contributed by atoms with Gasteiger partial charge in [-0.25, -0.2) is 4.98 Å². The number of hydrogen-bond acceptors (Lipinski definition) is 6. The molecule has 1 amide bonds. The van der Waals surface area contributed by atoms with Crippen molar-refractivity contribution in [3.05, 3.63) is 72.7 Å². The van der Waals surface area contributed by atoms with Crippen LogP contribution in [0, 0.1) is 0 Å². The number of carbonyl (C=O) groups is 1. The summed E-state index contributed by atoms with van der Waals surface area (Å²) in [6.45, 7) is 0. The third-order valence-electron chi connectivity index (χ3n) is 4.89. The SMILES string of the molecule is CNc1ccc(-c2cc(C(=O)Nc3ccc(OC(F)(F)Cl)cc3)cnc2-c2ccnn2C)cn1. The number of benzene rings is 1. The highest BCUT2D eigenvalue weighted by atomic mass is 35.5. The number of nitrogens with one attached hydrogen (secondary N) is 2. The number of alkyl halides is 3. The van der Waals surface area contributed by atoms with E-state index in [1.807, 2.05) is 18.2 Å². The van der Waals surface area contributed by atoms with Crippen LogP contribution in [0.3, 0.4) is 0 Å². The first-order valence-electron chi connectivity index (χ1n) is 10.0. The highest BCUT2D eigenvalue weighted by Gasteiger charge is 2.27. The molecule has 0 bridgehead atoms. The second kappa shape index (κ2) is 9.44. The van der Waals surface area contributed by atoms with Gasteiger partial charge < -0.3 is 15.4 Å². The lowest BCUT2D eigenvalue weighted by atomic mass is 10.0. The molecular formula is C23H19ClF2N6O2. The zero-order valence-corrected chi connectivity index (χ0v) is 18.8. The minimum atomic E-state index is -3.82. The Morgan fingerprint density at radius 3 is 2.44 bits per heavy atom. The van der Waals surface area contributed by atoms with E-state index in [9.17, 15) is 13.6 Å². The minimum absolute atomic E-state index is 0.139. The molecule has 3 heterocycles. The van der Waals surface area contributed by atoms with E-state index in [4.69, 9.17) is 11.6 Å². The zero-order valence-electron chi connectivity index (χ0n) is 18.1. The number of ether oxygens (including phenoxy) is 1. The topological polar surface area (TPSA) is 94.0 Å². The quantitative estimate of drug-likeness (QED) is 0.358. The molecule has 8 nitrogen and oxygen atoms in total. The molecular weight excluding hydrogens is 466 g/mol. The molecule has 2 N–H and O–H groups in total. The van der Waals surface area contributed by atoms with Gasteiger partial charge in [-0.1, -0.05) is 0 Å². The Bertz CT molecular complexity index is 1300. The number of carbonyl (C=O) groups excluding carboxylic acids is 1. The fraction of sp³-hybridized carbons (Fsp3) is 0.130. The van der Waals surface area contributed by atoms with Crippen molar-refractivity contribution in [3.8, 4) is 28.3 Å². The molecule has 174 valence electrons. The number of amides is 1. The van der Waals surface area contributed by atoms with Gasteiger partial charge in [0.1, 0.15) is 11.6 Å². The van der Waals surface area contributed by atoms with Gasteiger partial charge in [-0.15, -0.1) is 8.78 Å². The van der Waals surface area contributed by atoms with Gasteiger partial charge in [0.05, 0.1) is 17.0 Å². The summed E-state index contributed by atoms with van der Waals surface area (Å²) in [7, 11) is 3.58. The predicted molar refractivity (Wildman–Crippen MR) is 125 cm³/mol. The Balaban J connectivity index is 1.64. The third-order valence-corrected chi connectivity index (χ3v) is 4.97. The van der Waals surface area contributed by atoms with Crippen molar-refractivity contribution in [1.29, 1.82) is 0 Å². The summed E-state index contributed by atoms with van der Waals surface area (Å²) in [5, 5.41) is 9.88. The number of anilines is 2. The van der Waals surface area contributed by atoms with E-state index in [0.29, 0.717) is 28.3 Å². The van der Waals surface area contributed by atoms with Crippen LogP contribution in [0.25, 0.3) is 22.5 Å². The molecule has 11 heteroatoms. The molecule has 4 rings (SSSR count). The Hall–Kier alpha value is -4.05. The van der Waals surface area contributed by atoms with Gasteiger partial charge in [-0.05, 0) is 48.5 Å². The first kappa shape index (κ1) is 23.1. The van der Waals surface area contributed by atoms with Crippen molar-refractivity contribution >= 4 is 29.0 Å². The second-order valence-corrected chi connectivity index (χ2v) is 7.61. The van der Waals surface area contributed by atoms with Gasteiger partial charge in [0.15, 0.2) is 0 Å². The summed E-state index contributed by atoms with van der Waals surface area (Å²) in [5.41, 5.74) is -0.271. The van der Waals surface area contributed by atoms with Gasteiger partial charge in [0, 0.05) is 61.1 Å². The van der Waals surface area contributed by atoms with Crippen LogP contribution in [0.1, 0.15) is 10.4 Å². The summed E-state index contributed by atoms with van der Waals surface area (Å²) in [6.07, 6.45) is 4.81. The summed E-state index contributed by atoms with van der Waals surface area (Å²) < 4.78 is 31.5. The smallest absolute Gasteiger partial charge is 0.420 e. The van der Waals surface area contributed by atoms with Gasteiger partial charge >= 0.3 is 5.57 Å². The number of aromatic nitrogens is 4. The van der Waals surface area contributed by atoms with Crippen LogP contribution in [0.5, 0.6) is 5.75 Å². The van der Waals surface area contributed by atoms with Crippen LogP contribution in [-0.2, 0) is 7.05 Å². The van der Waals surface area contributed by atoms with Gasteiger partial charge in [0.2, 0.25) is 0 Å². The van der Waals surface area contributed by atoms with E-state index in [1.54, 1.807) is 37.2 Å². The molecule has 0 aliphatic heterocycles. The zero-order chi connectivity index (χ0) is 24.3. The Morgan fingerprint density at radius 1 is 1.09 bits per heavy atom. The van der Waals surface area contributed by atoms with Crippen LogP contribution < -0.4 is 15.4 Å². The average molecular weight is 485 g/mol. The Morgan fingerprint density at radius 2 is 1.85 bits per heavy atom. The fourth-order valence-corrected chi connectivity index (χ4v) is 3.35. The van der Waals surface area contributed by atoms with E-state index in [0.717, 1.165) is 11.3 Å². The van der Waals surface area contributed by atoms with Crippen molar-refractivity contribution in [2.24, 2.45) is 7.05 Å². The van der Waals surface area contributed by atoms with Crippen molar-refractivity contribution in [1.82, 2.24) is 19.7 Å². The summed E-state index contributed by atoms with van der Waals surface area (Å²) in [6, 6.07) is 12.6. The number of halogens is 3. The molecule has 0 unspecified atom stereocenters. The monoisotopic (exact) mass is 484 g/mol. The van der Waals surface area contributed by atoms with Crippen LogP contribution >= 0.6 is 11.6 Å². The molecule has 0 fully saturated rings. The van der Waals surface area contributed by atoms with E-state index in [1.165, 1.54) is 30.5 Å². The van der Waals surface area contributed by atoms with E-state index in [2.05, 4.69) is 30.4 Å². The average Bonchev–Trinajstić information content (AvgIpc) is 3.24. The van der Waals surface area contributed by atoms with Crippen LogP contribution in [-0.4, -0.2) is 38.3 Å².